The summed E-state index contributed by atoms with van der Waals surface area (Å²) in [4.78, 5) is 0. The Morgan fingerprint density at radius 2 is 2.09 bits per heavy atom. The van der Waals surface area contributed by atoms with E-state index in [0.717, 1.165) is 0 Å². The van der Waals surface area contributed by atoms with Crippen LogP contribution < -0.4 is 5.73 Å². The number of furan rings is 1. The third-order valence-corrected chi connectivity index (χ3v) is 1.36. The van der Waals surface area contributed by atoms with E-state index in [0.29, 0.717) is 5.76 Å². The van der Waals surface area contributed by atoms with Crippen LogP contribution in [-0.4, -0.2) is 6.43 Å². The highest BCUT2D eigenvalue weighted by molar-refractivity contribution is 5.09. The van der Waals surface area contributed by atoms with E-state index in [1.165, 1.54) is 6.07 Å². The predicted octanol–water partition coefficient (Wildman–Crippen LogP) is 1.85. The summed E-state index contributed by atoms with van der Waals surface area (Å²) >= 11 is 0. The van der Waals surface area contributed by atoms with Crippen LogP contribution in [0, 0.1) is 6.92 Å². The molecule has 2 nitrogen and oxygen atoms in total. The number of rotatable bonds is 2. The number of halogens is 2. The van der Waals surface area contributed by atoms with Crippen LogP contribution in [0.2, 0.25) is 0 Å². The lowest BCUT2D eigenvalue weighted by atomic mass is 10.2. The van der Waals surface area contributed by atoms with E-state index in [9.17, 15) is 8.78 Å². The molecule has 0 bridgehead atoms. The molecule has 0 aliphatic rings. The van der Waals surface area contributed by atoms with Gasteiger partial charge >= 0.3 is 0 Å². The van der Waals surface area contributed by atoms with Gasteiger partial charge < -0.3 is 10.2 Å². The molecule has 0 aliphatic carbocycles. The van der Waals surface area contributed by atoms with Crippen molar-refractivity contribution in [2.45, 2.75) is 19.4 Å². The summed E-state index contributed by atoms with van der Waals surface area (Å²) in [5.41, 5.74) is 5.11. The summed E-state index contributed by atoms with van der Waals surface area (Å²) in [7, 11) is 0. The maximum absolute atomic E-state index is 11.9. The summed E-state index contributed by atoms with van der Waals surface area (Å²) in [5, 5.41) is 0. The third-order valence-electron chi connectivity index (χ3n) is 1.36. The summed E-state index contributed by atoms with van der Waals surface area (Å²) in [6.45, 7) is 1.68. The van der Waals surface area contributed by atoms with Gasteiger partial charge in [0, 0.05) is 0 Å². The first-order valence-electron chi connectivity index (χ1n) is 3.21. The van der Waals surface area contributed by atoms with Crippen LogP contribution in [0.1, 0.15) is 17.6 Å². The summed E-state index contributed by atoms with van der Waals surface area (Å²) in [5.74, 6) is 0.730. The largest absolute Gasteiger partial charge is 0.464 e. The monoisotopic (exact) mass is 161 g/mol. The van der Waals surface area contributed by atoms with Crippen molar-refractivity contribution in [2.75, 3.05) is 0 Å². The molecule has 1 heterocycles. The van der Waals surface area contributed by atoms with Crippen LogP contribution in [0.4, 0.5) is 8.78 Å². The molecule has 0 amide bonds. The number of aryl methyl sites for hydroxylation is 1. The standard InChI is InChI=1S/C7H9F2NO/c1-4-2-3-5(11-4)6(10)7(8)9/h2-3,6-7H,10H2,1H3. The van der Waals surface area contributed by atoms with Gasteiger partial charge in [-0.15, -0.1) is 0 Å². The Morgan fingerprint density at radius 3 is 2.45 bits per heavy atom. The van der Waals surface area contributed by atoms with Gasteiger partial charge in [0.05, 0.1) is 0 Å². The highest BCUT2D eigenvalue weighted by Gasteiger charge is 2.20. The number of hydrogen-bond donors (Lipinski definition) is 1. The van der Waals surface area contributed by atoms with Crippen molar-refractivity contribution in [1.82, 2.24) is 0 Å². The van der Waals surface area contributed by atoms with Crippen LogP contribution >= 0.6 is 0 Å². The maximum atomic E-state index is 11.9. The number of alkyl halides is 2. The Bertz CT molecular complexity index is 234. The number of hydrogen-bond acceptors (Lipinski definition) is 2. The fourth-order valence-electron chi connectivity index (χ4n) is 0.757. The predicted molar refractivity (Wildman–Crippen MR) is 36.4 cm³/mol. The second-order valence-corrected chi connectivity index (χ2v) is 2.31. The zero-order valence-electron chi connectivity index (χ0n) is 6.05. The minimum absolute atomic E-state index is 0.137. The van der Waals surface area contributed by atoms with Gasteiger partial charge in [-0.1, -0.05) is 0 Å². The smallest absolute Gasteiger partial charge is 0.260 e. The molecule has 1 atom stereocenters. The average Bonchev–Trinajstić information content (AvgIpc) is 2.34. The molecule has 62 valence electrons. The molecule has 0 spiro atoms. The van der Waals surface area contributed by atoms with Crippen LogP contribution in [0.15, 0.2) is 16.5 Å². The molecular weight excluding hydrogens is 152 g/mol. The SMILES string of the molecule is Cc1ccc(C(N)C(F)F)o1. The molecule has 0 saturated carbocycles. The molecule has 11 heavy (non-hydrogen) atoms. The first kappa shape index (κ1) is 8.20. The van der Waals surface area contributed by atoms with Gasteiger partial charge in [0.25, 0.3) is 6.43 Å². The fraction of sp³-hybridized carbons (Fsp3) is 0.429. The van der Waals surface area contributed by atoms with Crippen LogP contribution in [0.3, 0.4) is 0 Å². The van der Waals surface area contributed by atoms with Gasteiger partial charge in [0.2, 0.25) is 0 Å². The second kappa shape index (κ2) is 3.00. The lowest BCUT2D eigenvalue weighted by Gasteiger charge is -2.05. The highest BCUT2D eigenvalue weighted by atomic mass is 19.3. The minimum atomic E-state index is -2.57. The van der Waals surface area contributed by atoms with Crippen LogP contribution in [0.5, 0.6) is 0 Å². The Balaban J connectivity index is 2.76. The van der Waals surface area contributed by atoms with Gasteiger partial charge in [-0.2, -0.15) is 0 Å². The molecule has 0 aromatic carbocycles. The van der Waals surface area contributed by atoms with Crippen molar-refractivity contribution in [2.24, 2.45) is 5.73 Å². The van der Waals surface area contributed by atoms with E-state index >= 15 is 0 Å². The van der Waals surface area contributed by atoms with E-state index in [-0.39, 0.29) is 5.76 Å². The van der Waals surface area contributed by atoms with Crippen LogP contribution in [0.25, 0.3) is 0 Å². The van der Waals surface area contributed by atoms with Crippen molar-refractivity contribution < 1.29 is 13.2 Å². The van der Waals surface area contributed by atoms with Gasteiger partial charge in [0.1, 0.15) is 17.6 Å². The summed E-state index contributed by atoms with van der Waals surface area (Å²) < 4.78 is 28.8. The van der Waals surface area contributed by atoms with E-state index in [1.807, 2.05) is 0 Å². The van der Waals surface area contributed by atoms with Crippen molar-refractivity contribution in [3.63, 3.8) is 0 Å². The highest BCUT2D eigenvalue weighted by Crippen LogP contribution is 2.19. The normalized spacial score (nSPS) is 13.9. The van der Waals surface area contributed by atoms with E-state index < -0.39 is 12.5 Å². The Kier molecular flexibility index (Phi) is 2.24. The Hall–Kier alpha value is -0.900. The molecule has 2 N–H and O–H groups in total. The minimum Gasteiger partial charge on any atom is -0.464 e. The molecule has 1 unspecified atom stereocenters. The first-order chi connectivity index (χ1) is 5.11. The number of nitrogens with two attached hydrogens (primary N) is 1. The van der Waals surface area contributed by atoms with Crippen molar-refractivity contribution in [1.29, 1.82) is 0 Å². The van der Waals surface area contributed by atoms with E-state index in [1.54, 1.807) is 13.0 Å². The topological polar surface area (TPSA) is 39.2 Å². The van der Waals surface area contributed by atoms with E-state index in [4.69, 9.17) is 10.2 Å². The molecule has 0 radical (unpaired) electrons. The molecule has 1 aromatic heterocycles. The Morgan fingerprint density at radius 1 is 1.45 bits per heavy atom. The van der Waals surface area contributed by atoms with E-state index in [2.05, 4.69) is 0 Å². The second-order valence-electron chi connectivity index (χ2n) is 2.31. The zero-order chi connectivity index (χ0) is 8.43. The molecule has 0 aliphatic heterocycles. The third kappa shape index (κ3) is 1.77. The maximum Gasteiger partial charge on any atom is 0.260 e. The quantitative estimate of drug-likeness (QED) is 0.718. The lowest BCUT2D eigenvalue weighted by molar-refractivity contribution is 0.106. The van der Waals surface area contributed by atoms with Crippen LogP contribution in [-0.2, 0) is 0 Å². The average molecular weight is 161 g/mol. The van der Waals surface area contributed by atoms with Gasteiger partial charge in [-0.05, 0) is 19.1 Å². The zero-order valence-corrected chi connectivity index (χ0v) is 6.05. The first-order valence-corrected chi connectivity index (χ1v) is 3.21. The summed E-state index contributed by atoms with van der Waals surface area (Å²) in [6, 6.07) is 1.77. The van der Waals surface area contributed by atoms with Crippen molar-refractivity contribution in [3.8, 4) is 0 Å². The molecular formula is C7H9F2NO. The molecule has 0 saturated heterocycles. The lowest BCUT2D eigenvalue weighted by Crippen LogP contribution is -2.17. The molecule has 1 rings (SSSR count). The molecule has 1 aromatic rings. The van der Waals surface area contributed by atoms with Crippen molar-refractivity contribution in [3.05, 3.63) is 23.7 Å². The Labute approximate surface area is 63.0 Å². The van der Waals surface area contributed by atoms with Gasteiger partial charge in [-0.25, -0.2) is 8.78 Å². The van der Waals surface area contributed by atoms with Gasteiger partial charge in [-0.3, -0.25) is 0 Å². The van der Waals surface area contributed by atoms with Crippen molar-refractivity contribution >= 4 is 0 Å². The molecule has 0 fully saturated rings. The van der Waals surface area contributed by atoms with Gasteiger partial charge in [0.15, 0.2) is 0 Å². The summed E-state index contributed by atoms with van der Waals surface area (Å²) in [6.07, 6.45) is -2.57. The fourth-order valence-corrected chi connectivity index (χ4v) is 0.757. The molecule has 4 heteroatoms.